The van der Waals surface area contributed by atoms with E-state index in [9.17, 15) is 4.79 Å². The lowest BCUT2D eigenvalue weighted by Crippen LogP contribution is -2.12. The summed E-state index contributed by atoms with van der Waals surface area (Å²) in [6.07, 6.45) is 2.69. The van der Waals surface area contributed by atoms with Gasteiger partial charge in [0.1, 0.15) is 5.82 Å². The van der Waals surface area contributed by atoms with E-state index in [1.165, 1.54) is 11.1 Å². The Morgan fingerprint density at radius 2 is 1.80 bits per heavy atom. The molecule has 0 saturated heterocycles. The van der Waals surface area contributed by atoms with Crippen molar-refractivity contribution in [1.29, 1.82) is 0 Å². The van der Waals surface area contributed by atoms with E-state index in [1.807, 2.05) is 24.3 Å². The SMILES string of the molecule is CCc1cccc(C)c1Nc1ccc(NC(=O)c2ccccc2)nc1. The van der Waals surface area contributed by atoms with E-state index in [2.05, 4.69) is 47.7 Å². The van der Waals surface area contributed by atoms with Crippen LogP contribution in [0.3, 0.4) is 0 Å². The number of para-hydroxylation sites is 1. The van der Waals surface area contributed by atoms with E-state index in [0.29, 0.717) is 11.4 Å². The van der Waals surface area contributed by atoms with Gasteiger partial charge in [-0.1, -0.05) is 43.3 Å². The highest BCUT2D eigenvalue weighted by Crippen LogP contribution is 2.25. The molecule has 25 heavy (non-hydrogen) atoms. The molecular formula is C21H21N3O. The number of pyridine rings is 1. The quantitative estimate of drug-likeness (QED) is 0.695. The van der Waals surface area contributed by atoms with Crippen molar-refractivity contribution in [3.63, 3.8) is 0 Å². The summed E-state index contributed by atoms with van der Waals surface area (Å²) in [7, 11) is 0. The molecule has 4 nitrogen and oxygen atoms in total. The molecule has 126 valence electrons. The van der Waals surface area contributed by atoms with Gasteiger partial charge in [-0.25, -0.2) is 4.98 Å². The van der Waals surface area contributed by atoms with Crippen LogP contribution in [0.25, 0.3) is 0 Å². The monoisotopic (exact) mass is 331 g/mol. The van der Waals surface area contributed by atoms with Gasteiger partial charge in [0.05, 0.1) is 11.9 Å². The molecule has 0 saturated carbocycles. The Bertz CT molecular complexity index is 858. The molecule has 1 amide bonds. The average Bonchev–Trinajstić information content (AvgIpc) is 2.65. The molecule has 1 heterocycles. The summed E-state index contributed by atoms with van der Waals surface area (Å²) in [5.41, 5.74) is 5.08. The Balaban J connectivity index is 1.72. The van der Waals surface area contributed by atoms with Gasteiger partial charge in [-0.15, -0.1) is 0 Å². The number of aromatic nitrogens is 1. The van der Waals surface area contributed by atoms with Crippen molar-refractivity contribution in [2.45, 2.75) is 20.3 Å². The summed E-state index contributed by atoms with van der Waals surface area (Å²) >= 11 is 0. The second-order valence-electron chi connectivity index (χ2n) is 5.84. The maximum absolute atomic E-state index is 12.2. The van der Waals surface area contributed by atoms with E-state index < -0.39 is 0 Å². The lowest BCUT2D eigenvalue weighted by atomic mass is 10.1. The highest BCUT2D eigenvalue weighted by Gasteiger charge is 2.07. The molecule has 0 spiro atoms. The fourth-order valence-electron chi connectivity index (χ4n) is 2.67. The number of carbonyl (C=O) groups is 1. The Kier molecular flexibility index (Phi) is 5.09. The fraction of sp³-hybridized carbons (Fsp3) is 0.143. The minimum absolute atomic E-state index is 0.166. The third-order valence-corrected chi connectivity index (χ3v) is 4.05. The van der Waals surface area contributed by atoms with Crippen LogP contribution in [0, 0.1) is 6.92 Å². The lowest BCUT2D eigenvalue weighted by molar-refractivity contribution is 0.102. The summed E-state index contributed by atoms with van der Waals surface area (Å²) in [5, 5.41) is 6.23. The molecule has 0 fully saturated rings. The van der Waals surface area contributed by atoms with Crippen molar-refractivity contribution in [2.75, 3.05) is 10.6 Å². The van der Waals surface area contributed by atoms with Crippen molar-refractivity contribution in [3.05, 3.63) is 83.6 Å². The van der Waals surface area contributed by atoms with Gasteiger partial charge in [0, 0.05) is 11.3 Å². The second-order valence-corrected chi connectivity index (χ2v) is 5.84. The Morgan fingerprint density at radius 1 is 1.00 bits per heavy atom. The van der Waals surface area contributed by atoms with Crippen molar-refractivity contribution in [2.24, 2.45) is 0 Å². The fourth-order valence-corrected chi connectivity index (χ4v) is 2.67. The highest BCUT2D eigenvalue weighted by molar-refractivity contribution is 6.03. The number of rotatable bonds is 5. The third kappa shape index (κ3) is 4.04. The second kappa shape index (κ2) is 7.62. The first-order valence-corrected chi connectivity index (χ1v) is 8.35. The van der Waals surface area contributed by atoms with Crippen LogP contribution in [-0.2, 0) is 6.42 Å². The maximum atomic E-state index is 12.2. The maximum Gasteiger partial charge on any atom is 0.256 e. The summed E-state index contributed by atoms with van der Waals surface area (Å²) in [4.78, 5) is 16.5. The molecule has 0 bridgehead atoms. The van der Waals surface area contributed by atoms with Crippen LogP contribution in [0.4, 0.5) is 17.2 Å². The van der Waals surface area contributed by atoms with Crippen LogP contribution in [-0.4, -0.2) is 10.9 Å². The minimum atomic E-state index is -0.166. The summed E-state index contributed by atoms with van der Waals surface area (Å²) in [6, 6.07) is 19.1. The zero-order valence-electron chi connectivity index (χ0n) is 14.4. The summed E-state index contributed by atoms with van der Waals surface area (Å²) in [6.45, 7) is 4.23. The topological polar surface area (TPSA) is 54.0 Å². The van der Waals surface area contributed by atoms with Crippen LogP contribution < -0.4 is 10.6 Å². The first-order valence-electron chi connectivity index (χ1n) is 8.35. The number of nitrogens with one attached hydrogen (secondary N) is 2. The van der Waals surface area contributed by atoms with Crippen LogP contribution in [0.5, 0.6) is 0 Å². The van der Waals surface area contributed by atoms with Crippen LogP contribution >= 0.6 is 0 Å². The average molecular weight is 331 g/mol. The van der Waals surface area contributed by atoms with Crippen molar-refractivity contribution in [3.8, 4) is 0 Å². The van der Waals surface area contributed by atoms with Gasteiger partial charge in [0.2, 0.25) is 0 Å². The van der Waals surface area contributed by atoms with Crippen LogP contribution in [0.2, 0.25) is 0 Å². The predicted molar refractivity (Wildman–Crippen MR) is 102 cm³/mol. The summed E-state index contributed by atoms with van der Waals surface area (Å²) in [5.74, 6) is 0.362. The number of hydrogen-bond donors (Lipinski definition) is 2. The molecule has 0 radical (unpaired) electrons. The molecule has 0 aliphatic heterocycles. The Labute approximate surface area is 147 Å². The van der Waals surface area contributed by atoms with Gasteiger partial charge in [0.15, 0.2) is 0 Å². The zero-order chi connectivity index (χ0) is 17.6. The molecule has 2 N–H and O–H groups in total. The largest absolute Gasteiger partial charge is 0.354 e. The summed E-state index contributed by atoms with van der Waals surface area (Å²) < 4.78 is 0. The number of benzene rings is 2. The van der Waals surface area contributed by atoms with Gasteiger partial charge < -0.3 is 10.6 Å². The zero-order valence-corrected chi connectivity index (χ0v) is 14.4. The lowest BCUT2D eigenvalue weighted by Gasteiger charge is -2.14. The molecule has 2 aromatic carbocycles. The van der Waals surface area contributed by atoms with E-state index in [0.717, 1.165) is 17.8 Å². The van der Waals surface area contributed by atoms with Crippen molar-refractivity contribution < 1.29 is 4.79 Å². The molecule has 0 atom stereocenters. The molecule has 3 aromatic rings. The van der Waals surface area contributed by atoms with Gasteiger partial charge in [-0.2, -0.15) is 0 Å². The molecule has 4 heteroatoms. The number of anilines is 3. The predicted octanol–water partition coefficient (Wildman–Crippen LogP) is 4.95. The van der Waals surface area contributed by atoms with Gasteiger partial charge in [-0.3, -0.25) is 4.79 Å². The van der Waals surface area contributed by atoms with E-state index in [-0.39, 0.29) is 5.91 Å². The van der Waals surface area contributed by atoms with Crippen molar-refractivity contribution >= 4 is 23.1 Å². The number of nitrogens with zero attached hydrogens (tertiary/aromatic N) is 1. The Morgan fingerprint density at radius 3 is 2.48 bits per heavy atom. The smallest absolute Gasteiger partial charge is 0.256 e. The molecule has 0 unspecified atom stereocenters. The number of carbonyl (C=O) groups excluding carboxylic acids is 1. The molecule has 0 aliphatic carbocycles. The minimum Gasteiger partial charge on any atom is -0.354 e. The molecular weight excluding hydrogens is 310 g/mol. The molecule has 1 aromatic heterocycles. The number of hydrogen-bond acceptors (Lipinski definition) is 3. The molecule has 3 rings (SSSR count). The van der Waals surface area contributed by atoms with E-state index in [1.54, 1.807) is 24.4 Å². The Hall–Kier alpha value is -3.14. The first-order chi connectivity index (χ1) is 12.2. The van der Waals surface area contributed by atoms with Crippen LogP contribution in [0.1, 0.15) is 28.4 Å². The van der Waals surface area contributed by atoms with E-state index >= 15 is 0 Å². The van der Waals surface area contributed by atoms with Gasteiger partial charge in [0.25, 0.3) is 5.91 Å². The third-order valence-electron chi connectivity index (χ3n) is 4.05. The highest BCUT2D eigenvalue weighted by atomic mass is 16.1. The number of amides is 1. The van der Waals surface area contributed by atoms with Gasteiger partial charge >= 0.3 is 0 Å². The van der Waals surface area contributed by atoms with Crippen molar-refractivity contribution in [1.82, 2.24) is 4.98 Å². The normalized spacial score (nSPS) is 10.3. The standard InChI is InChI=1S/C21H21N3O/c1-3-16-11-7-8-15(2)20(16)23-18-12-13-19(22-14-18)24-21(25)17-9-5-4-6-10-17/h4-14,23H,3H2,1-2H3,(H,22,24,25). The van der Waals surface area contributed by atoms with Gasteiger partial charge in [-0.05, 0) is 48.7 Å². The van der Waals surface area contributed by atoms with E-state index in [4.69, 9.17) is 0 Å². The van der Waals surface area contributed by atoms with Crippen LogP contribution in [0.15, 0.2) is 66.9 Å². The number of aryl methyl sites for hydroxylation is 2. The molecule has 0 aliphatic rings. The first kappa shape index (κ1) is 16.7.